The maximum atomic E-state index is 11.4. The van der Waals surface area contributed by atoms with Gasteiger partial charge in [0.15, 0.2) is 0 Å². The Kier molecular flexibility index (Phi) is 9.86. The summed E-state index contributed by atoms with van der Waals surface area (Å²) in [5.41, 5.74) is 1.01. The number of benzene rings is 1. The number of carbonyl (C=O) groups is 1. The highest BCUT2D eigenvalue weighted by molar-refractivity contribution is 5.85. The molecule has 1 rings (SSSR count). The minimum atomic E-state index is -0.0144. The lowest BCUT2D eigenvalue weighted by molar-refractivity contribution is -0.120. The van der Waals surface area contributed by atoms with E-state index < -0.39 is 0 Å². The van der Waals surface area contributed by atoms with Crippen molar-refractivity contribution < 1.29 is 9.53 Å². The molecule has 0 saturated heterocycles. The van der Waals surface area contributed by atoms with Crippen LogP contribution >= 0.6 is 12.4 Å². The summed E-state index contributed by atoms with van der Waals surface area (Å²) in [6.07, 6.45) is 1.03. The first-order valence-corrected chi connectivity index (χ1v) is 6.75. The van der Waals surface area contributed by atoms with E-state index in [-0.39, 0.29) is 18.3 Å². The number of rotatable bonds is 8. The van der Waals surface area contributed by atoms with Gasteiger partial charge in [0.2, 0.25) is 5.91 Å². The highest BCUT2D eigenvalue weighted by atomic mass is 35.5. The summed E-state index contributed by atoms with van der Waals surface area (Å²) < 4.78 is 5.77. The fourth-order valence-electron chi connectivity index (χ4n) is 1.61. The minimum Gasteiger partial charge on any atom is -0.493 e. The maximum Gasteiger partial charge on any atom is 0.234 e. The number of hydrogen-bond donors (Lipinski definition) is 2. The Hall–Kier alpha value is -1.26. The zero-order valence-electron chi connectivity index (χ0n) is 12.4. The molecule has 1 amide bonds. The first-order valence-electron chi connectivity index (χ1n) is 6.75. The number of ether oxygens (including phenoxy) is 1. The van der Waals surface area contributed by atoms with Gasteiger partial charge < -0.3 is 15.4 Å². The van der Waals surface area contributed by atoms with Gasteiger partial charge in [0, 0.05) is 12.1 Å². The quantitative estimate of drug-likeness (QED) is 0.775. The predicted molar refractivity (Wildman–Crippen MR) is 84.4 cm³/mol. The second-order valence-electron chi connectivity index (χ2n) is 4.95. The molecule has 20 heavy (non-hydrogen) atoms. The van der Waals surface area contributed by atoms with Gasteiger partial charge in [0.25, 0.3) is 0 Å². The van der Waals surface area contributed by atoms with Crippen LogP contribution in [0.2, 0.25) is 0 Å². The lowest BCUT2D eigenvalue weighted by Crippen LogP contribution is -2.31. The molecule has 0 unspecified atom stereocenters. The number of hydrogen-bond acceptors (Lipinski definition) is 3. The number of halogens is 1. The third-order valence-corrected chi connectivity index (χ3v) is 2.74. The predicted octanol–water partition coefficient (Wildman–Crippen LogP) is 2.37. The Morgan fingerprint density at radius 2 is 2.00 bits per heavy atom. The van der Waals surface area contributed by atoms with Gasteiger partial charge in [-0.1, -0.05) is 32.0 Å². The SMILES string of the molecule is CNCC(=O)NCc1ccccc1OCCC(C)C.Cl. The van der Waals surface area contributed by atoms with Crippen molar-refractivity contribution in [3.8, 4) is 5.75 Å². The zero-order chi connectivity index (χ0) is 14.1. The van der Waals surface area contributed by atoms with Gasteiger partial charge in [-0.3, -0.25) is 4.79 Å². The van der Waals surface area contributed by atoms with Gasteiger partial charge in [0.05, 0.1) is 13.2 Å². The van der Waals surface area contributed by atoms with Crippen LogP contribution in [-0.2, 0) is 11.3 Å². The van der Waals surface area contributed by atoms with E-state index >= 15 is 0 Å². The average molecular weight is 301 g/mol. The van der Waals surface area contributed by atoms with Gasteiger partial charge in [-0.15, -0.1) is 12.4 Å². The van der Waals surface area contributed by atoms with E-state index in [1.54, 1.807) is 7.05 Å². The van der Waals surface area contributed by atoms with Crippen molar-refractivity contribution in [3.63, 3.8) is 0 Å². The fourth-order valence-corrected chi connectivity index (χ4v) is 1.61. The molecular formula is C15H25ClN2O2. The Labute approximate surface area is 127 Å². The molecule has 0 aromatic heterocycles. The van der Waals surface area contributed by atoms with Gasteiger partial charge in [-0.05, 0) is 25.5 Å². The van der Waals surface area contributed by atoms with E-state index in [0.29, 0.717) is 25.6 Å². The second kappa shape index (κ2) is 10.5. The Morgan fingerprint density at radius 3 is 2.65 bits per heavy atom. The van der Waals surface area contributed by atoms with Crippen LogP contribution in [0.4, 0.5) is 0 Å². The summed E-state index contributed by atoms with van der Waals surface area (Å²) in [4.78, 5) is 11.4. The molecule has 0 radical (unpaired) electrons. The molecule has 0 aliphatic heterocycles. The van der Waals surface area contributed by atoms with Crippen molar-refractivity contribution in [2.45, 2.75) is 26.8 Å². The lowest BCUT2D eigenvalue weighted by Gasteiger charge is -2.13. The monoisotopic (exact) mass is 300 g/mol. The Morgan fingerprint density at radius 1 is 1.30 bits per heavy atom. The van der Waals surface area contributed by atoms with Crippen LogP contribution in [0.1, 0.15) is 25.8 Å². The standard InChI is InChI=1S/C15H24N2O2.ClH/c1-12(2)8-9-19-14-7-5-4-6-13(14)10-17-15(18)11-16-3;/h4-7,12,16H,8-11H2,1-3H3,(H,17,18);1H. The van der Waals surface area contributed by atoms with Gasteiger partial charge in [0.1, 0.15) is 5.75 Å². The molecule has 0 saturated carbocycles. The number of nitrogens with one attached hydrogen (secondary N) is 2. The summed E-state index contributed by atoms with van der Waals surface area (Å²) >= 11 is 0. The molecule has 114 valence electrons. The topological polar surface area (TPSA) is 50.4 Å². The van der Waals surface area contributed by atoms with Gasteiger partial charge >= 0.3 is 0 Å². The van der Waals surface area contributed by atoms with Crippen LogP contribution in [0, 0.1) is 5.92 Å². The van der Waals surface area contributed by atoms with Crippen LogP contribution in [0.5, 0.6) is 5.75 Å². The van der Waals surface area contributed by atoms with Crippen molar-refractivity contribution in [1.29, 1.82) is 0 Å². The molecule has 0 aliphatic carbocycles. The van der Waals surface area contributed by atoms with Crippen LogP contribution in [0.25, 0.3) is 0 Å². The first-order chi connectivity index (χ1) is 9.13. The molecule has 0 bridgehead atoms. The van der Waals surface area contributed by atoms with E-state index in [1.165, 1.54) is 0 Å². The minimum absolute atomic E-state index is 0. The highest BCUT2D eigenvalue weighted by Gasteiger charge is 2.05. The summed E-state index contributed by atoms with van der Waals surface area (Å²) in [7, 11) is 1.75. The van der Waals surface area contributed by atoms with Crippen LogP contribution in [-0.4, -0.2) is 26.1 Å². The van der Waals surface area contributed by atoms with E-state index in [9.17, 15) is 4.79 Å². The molecule has 0 heterocycles. The molecule has 1 aromatic carbocycles. The van der Waals surface area contributed by atoms with Crippen LogP contribution < -0.4 is 15.4 Å². The summed E-state index contributed by atoms with van der Waals surface area (Å²) in [6.45, 7) is 5.88. The maximum absolute atomic E-state index is 11.4. The summed E-state index contributed by atoms with van der Waals surface area (Å²) in [6, 6.07) is 7.82. The largest absolute Gasteiger partial charge is 0.493 e. The summed E-state index contributed by atoms with van der Waals surface area (Å²) in [5.74, 6) is 1.47. The van der Waals surface area contributed by atoms with Gasteiger partial charge in [-0.25, -0.2) is 0 Å². The molecule has 0 atom stereocenters. The number of para-hydroxylation sites is 1. The number of amides is 1. The molecule has 2 N–H and O–H groups in total. The molecule has 5 heteroatoms. The van der Waals surface area contributed by atoms with Gasteiger partial charge in [-0.2, -0.15) is 0 Å². The van der Waals surface area contributed by atoms with Crippen LogP contribution in [0.3, 0.4) is 0 Å². The lowest BCUT2D eigenvalue weighted by atomic mass is 10.1. The van der Waals surface area contributed by atoms with Crippen molar-refractivity contribution >= 4 is 18.3 Å². The fraction of sp³-hybridized carbons (Fsp3) is 0.533. The van der Waals surface area contributed by atoms with E-state index in [0.717, 1.165) is 17.7 Å². The zero-order valence-corrected chi connectivity index (χ0v) is 13.3. The molecule has 0 aliphatic rings. The van der Waals surface area contributed by atoms with Crippen molar-refractivity contribution in [3.05, 3.63) is 29.8 Å². The molecule has 0 spiro atoms. The Balaban J connectivity index is 0.00000361. The normalized spacial score (nSPS) is 10.0. The third-order valence-electron chi connectivity index (χ3n) is 2.74. The van der Waals surface area contributed by atoms with E-state index in [4.69, 9.17) is 4.74 Å². The molecule has 0 fully saturated rings. The van der Waals surface area contributed by atoms with Crippen molar-refractivity contribution in [2.75, 3.05) is 20.2 Å². The van der Waals surface area contributed by atoms with Crippen molar-refractivity contribution in [1.82, 2.24) is 10.6 Å². The molecule has 1 aromatic rings. The summed E-state index contributed by atoms with van der Waals surface area (Å²) in [5, 5.41) is 5.68. The smallest absolute Gasteiger partial charge is 0.234 e. The third kappa shape index (κ3) is 7.36. The molecular weight excluding hydrogens is 276 g/mol. The van der Waals surface area contributed by atoms with Crippen molar-refractivity contribution in [2.24, 2.45) is 5.92 Å². The highest BCUT2D eigenvalue weighted by Crippen LogP contribution is 2.18. The van der Waals surface area contributed by atoms with Crippen LogP contribution in [0.15, 0.2) is 24.3 Å². The second-order valence-corrected chi connectivity index (χ2v) is 4.95. The number of carbonyl (C=O) groups excluding carboxylic acids is 1. The van der Waals surface area contributed by atoms with E-state index in [2.05, 4.69) is 24.5 Å². The number of likely N-dealkylation sites (N-methyl/N-ethyl adjacent to an activating group) is 1. The first kappa shape index (κ1) is 18.7. The van der Waals surface area contributed by atoms with E-state index in [1.807, 2.05) is 24.3 Å². The average Bonchev–Trinajstić information content (AvgIpc) is 2.37. The molecule has 4 nitrogen and oxygen atoms in total. The Bertz CT molecular complexity index is 397.